The van der Waals surface area contributed by atoms with E-state index >= 15 is 0 Å². The third kappa shape index (κ3) is 6.13. The minimum atomic E-state index is -0.691. The normalized spacial score (nSPS) is 10.0. The topological polar surface area (TPSA) is 125 Å². The number of thioether (sulfide) groups is 1. The molecule has 0 atom stereocenters. The number of hydrogen-bond donors (Lipinski definition) is 2. The molecule has 0 heterocycles. The van der Waals surface area contributed by atoms with Crippen molar-refractivity contribution < 1.29 is 28.7 Å². The Morgan fingerprint density at radius 1 is 1.00 bits per heavy atom. The molecule has 28 heavy (non-hydrogen) atoms. The first-order valence-electron chi connectivity index (χ1n) is 8.06. The molecule has 0 fully saturated rings. The molecule has 3 N–H and O–H groups in total. The molecule has 0 aromatic heterocycles. The molecule has 2 aromatic carbocycles. The molecule has 0 aliphatic rings. The second kappa shape index (κ2) is 10.1. The Morgan fingerprint density at radius 3 is 2.32 bits per heavy atom. The highest BCUT2D eigenvalue weighted by Gasteiger charge is 2.15. The average molecular weight is 402 g/mol. The van der Waals surface area contributed by atoms with Gasteiger partial charge in [0.2, 0.25) is 5.91 Å². The first-order valence-corrected chi connectivity index (χ1v) is 9.04. The largest absolute Gasteiger partial charge is 0.465 e. The number of carbonyl (C=O) groups is 4. The molecular weight excluding hydrogens is 384 g/mol. The maximum Gasteiger partial charge on any atom is 0.339 e. The molecule has 0 aliphatic heterocycles. The fourth-order valence-electron chi connectivity index (χ4n) is 2.12. The number of nitrogens with two attached hydrogens (primary N) is 1. The van der Waals surface area contributed by atoms with E-state index in [4.69, 9.17) is 10.5 Å². The number of nitrogens with one attached hydrogen (secondary N) is 1. The van der Waals surface area contributed by atoms with Crippen molar-refractivity contribution in [3.8, 4) is 0 Å². The van der Waals surface area contributed by atoms with Gasteiger partial charge in [0, 0.05) is 10.6 Å². The predicted molar refractivity (Wildman–Crippen MR) is 103 cm³/mol. The van der Waals surface area contributed by atoms with Gasteiger partial charge in [0.15, 0.2) is 6.61 Å². The molecule has 0 spiro atoms. The van der Waals surface area contributed by atoms with Gasteiger partial charge in [-0.05, 0) is 36.4 Å². The van der Waals surface area contributed by atoms with E-state index < -0.39 is 30.4 Å². The number of rotatable bonds is 8. The molecule has 0 unspecified atom stereocenters. The molecular formula is C19H18N2O6S. The number of amides is 2. The van der Waals surface area contributed by atoms with Crippen LogP contribution in [-0.2, 0) is 19.1 Å². The lowest BCUT2D eigenvalue weighted by atomic mass is 10.2. The zero-order valence-corrected chi connectivity index (χ0v) is 15.8. The molecule has 9 heteroatoms. The lowest BCUT2D eigenvalue weighted by Crippen LogP contribution is -2.21. The van der Waals surface area contributed by atoms with Gasteiger partial charge in [0.25, 0.3) is 5.91 Å². The van der Waals surface area contributed by atoms with Crippen LogP contribution in [0, 0.1) is 0 Å². The lowest BCUT2D eigenvalue weighted by molar-refractivity contribution is -0.119. The Kier molecular flexibility index (Phi) is 7.58. The van der Waals surface area contributed by atoms with E-state index in [0.29, 0.717) is 16.1 Å². The summed E-state index contributed by atoms with van der Waals surface area (Å²) in [5.74, 6) is -2.21. The van der Waals surface area contributed by atoms with Crippen LogP contribution in [0.2, 0.25) is 0 Å². The molecule has 8 nitrogen and oxygen atoms in total. The molecule has 0 bridgehead atoms. The molecule has 0 saturated heterocycles. The summed E-state index contributed by atoms with van der Waals surface area (Å²) in [5, 5.41) is 2.55. The Bertz CT molecular complexity index is 882. The van der Waals surface area contributed by atoms with Crippen molar-refractivity contribution in [3.63, 3.8) is 0 Å². The van der Waals surface area contributed by atoms with Gasteiger partial charge in [-0.3, -0.25) is 9.59 Å². The van der Waals surface area contributed by atoms with Crippen molar-refractivity contribution in [1.29, 1.82) is 0 Å². The summed E-state index contributed by atoms with van der Waals surface area (Å²) in [6, 6.07) is 12.6. The summed E-state index contributed by atoms with van der Waals surface area (Å²) in [4.78, 5) is 47.0. The van der Waals surface area contributed by atoms with E-state index in [1.165, 1.54) is 37.4 Å². The molecule has 146 valence electrons. The number of anilines is 1. The molecule has 0 radical (unpaired) electrons. The third-order valence-corrected chi connectivity index (χ3v) is 4.50. The van der Waals surface area contributed by atoms with Gasteiger partial charge in [-0.15, -0.1) is 11.8 Å². The number of ether oxygens (including phenoxy) is 2. The smallest absolute Gasteiger partial charge is 0.339 e. The summed E-state index contributed by atoms with van der Waals surface area (Å²) in [5.41, 5.74) is 6.14. The van der Waals surface area contributed by atoms with Crippen molar-refractivity contribution in [1.82, 2.24) is 0 Å². The summed E-state index contributed by atoms with van der Waals surface area (Å²) < 4.78 is 9.63. The van der Waals surface area contributed by atoms with Gasteiger partial charge < -0.3 is 20.5 Å². The van der Waals surface area contributed by atoms with E-state index in [0.717, 1.165) is 11.8 Å². The van der Waals surface area contributed by atoms with E-state index in [1.54, 1.807) is 18.2 Å². The molecule has 2 amide bonds. The monoisotopic (exact) mass is 402 g/mol. The summed E-state index contributed by atoms with van der Waals surface area (Å²) in [6.07, 6.45) is 0. The Balaban J connectivity index is 1.91. The minimum Gasteiger partial charge on any atom is -0.465 e. The second-order valence-corrected chi connectivity index (χ2v) is 6.46. The van der Waals surface area contributed by atoms with Gasteiger partial charge in [0.1, 0.15) is 0 Å². The van der Waals surface area contributed by atoms with E-state index in [2.05, 4.69) is 10.1 Å². The maximum atomic E-state index is 12.2. The molecule has 2 aromatic rings. The van der Waals surface area contributed by atoms with Gasteiger partial charge in [0.05, 0.1) is 24.0 Å². The quantitative estimate of drug-likeness (QED) is 0.510. The zero-order valence-electron chi connectivity index (χ0n) is 15.0. The molecule has 2 rings (SSSR count). The van der Waals surface area contributed by atoms with Crippen LogP contribution in [0.1, 0.15) is 20.7 Å². The number of esters is 2. The zero-order chi connectivity index (χ0) is 20.5. The van der Waals surface area contributed by atoms with Gasteiger partial charge in [-0.25, -0.2) is 9.59 Å². The van der Waals surface area contributed by atoms with E-state index in [1.807, 2.05) is 0 Å². The van der Waals surface area contributed by atoms with Crippen molar-refractivity contribution in [2.45, 2.75) is 4.90 Å². The number of benzene rings is 2. The first-order chi connectivity index (χ1) is 13.4. The van der Waals surface area contributed by atoms with Crippen LogP contribution in [0.25, 0.3) is 0 Å². The first kappa shape index (κ1) is 21.0. The fourth-order valence-corrected chi connectivity index (χ4v) is 2.90. The number of carbonyl (C=O) groups excluding carboxylic acids is 4. The van der Waals surface area contributed by atoms with Gasteiger partial charge in [-0.1, -0.05) is 12.1 Å². The van der Waals surface area contributed by atoms with Crippen molar-refractivity contribution in [2.75, 3.05) is 24.8 Å². The van der Waals surface area contributed by atoms with Crippen molar-refractivity contribution in [3.05, 3.63) is 59.7 Å². The van der Waals surface area contributed by atoms with Gasteiger partial charge >= 0.3 is 11.9 Å². The van der Waals surface area contributed by atoms with Gasteiger partial charge in [-0.2, -0.15) is 0 Å². The minimum absolute atomic E-state index is 0.0202. The van der Waals surface area contributed by atoms with Crippen LogP contribution in [0.15, 0.2) is 53.4 Å². The fraction of sp³-hybridized carbons (Fsp3) is 0.158. The van der Waals surface area contributed by atoms with Crippen molar-refractivity contribution in [2.24, 2.45) is 5.73 Å². The van der Waals surface area contributed by atoms with E-state index in [9.17, 15) is 19.2 Å². The Labute approximate surface area is 165 Å². The van der Waals surface area contributed by atoms with Crippen LogP contribution in [0.5, 0.6) is 0 Å². The molecule has 0 aliphatic carbocycles. The number of hydrogen-bond acceptors (Lipinski definition) is 7. The third-order valence-electron chi connectivity index (χ3n) is 3.40. The Morgan fingerprint density at radius 2 is 1.68 bits per heavy atom. The maximum absolute atomic E-state index is 12.2. The highest BCUT2D eigenvalue weighted by molar-refractivity contribution is 8.00. The molecule has 0 saturated carbocycles. The lowest BCUT2D eigenvalue weighted by Gasteiger charge is -2.09. The summed E-state index contributed by atoms with van der Waals surface area (Å²) >= 11 is 1.11. The highest BCUT2D eigenvalue weighted by atomic mass is 32.2. The number of primary amides is 1. The summed E-state index contributed by atoms with van der Waals surface area (Å²) in [7, 11) is 1.27. The number of methoxy groups -OCH3 is 1. The summed E-state index contributed by atoms with van der Waals surface area (Å²) in [6.45, 7) is -0.494. The Hall–Kier alpha value is -3.33. The average Bonchev–Trinajstić information content (AvgIpc) is 2.70. The van der Waals surface area contributed by atoms with E-state index in [-0.39, 0.29) is 11.3 Å². The second-order valence-electron chi connectivity index (χ2n) is 5.44. The standard InChI is InChI=1S/C19H18N2O6S/c1-26-18(24)12-6-8-13(9-7-12)21-17(23)10-27-19(25)14-4-2-3-5-15(14)28-11-16(20)22/h2-9H,10-11H2,1H3,(H2,20,22)(H,21,23). The highest BCUT2D eigenvalue weighted by Crippen LogP contribution is 2.23. The van der Waals surface area contributed by atoms with Crippen LogP contribution in [0.3, 0.4) is 0 Å². The predicted octanol–water partition coefficient (Wildman–Crippen LogP) is 1.85. The van der Waals surface area contributed by atoms with Crippen LogP contribution < -0.4 is 11.1 Å². The van der Waals surface area contributed by atoms with Crippen LogP contribution in [0.4, 0.5) is 5.69 Å². The SMILES string of the molecule is COC(=O)c1ccc(NC(=O)COC(=O)c2ccccc2SCC(N)=O)cc1. The van der Waals surface area contributed by atoms with Crippen LogP contribution in [-0.4, -0.2) is 43.2 Å². The van der Waals surface area contributed by atoms with Crippen molar-refractivity contribution >= 4 is 41.2 Å². The van der Waals surface area contributed by atoms with Crippen LogP contribution >= 0.6 is 11.8 Å².